The zero-order valence-electron chi connectivity index (χ0n) is 25.4. The lowest BCUT2D eigenvalue weighted by atomic mass is 10.0. The monoisotopic (exact) mass is 657 g/mol. The number of nitrogens with one attached hydrogen (secondary N) is 1. The summed E-state index contributed by atoms with van der Waals surface area (Å²) in [5, 5.41) is 19.3. The first kappa shape index (κ1) is 36.1. The van der Waals surface area contributed by atoms with Crippen LogP contribution in [0.4, 0.5) is 18.9 Å². The first-order valence-electron chi connectivity index (χ1n) is 14.9. The van der Waals surface area contributed by atoms with Gasteiger partial charge in [0.15, 0.2) is 5.75 Å². The van der Waals surface area contributed by atoms with Gasteiger partial charge in [0.05, 0.1) is 17.0 Å². The van der Waals surface area contributed by atoms with Crippen LogP contribution in [0, 0.1) is 0 Å². The maximum absolute atomic E-state index is 13.2. The second-order valence-corrected chi connectivity index (χ2v) is 12.4. The third-order valence-corrected chi connectivity index (χ3v) is 8.26. The number of benzene rings is 4. The van der Waals surface area contributed by atoms with Crippen LogP contribution in [0.1, 0.15) is 78.6 Å². The largest absolute Gasteiger partial charge is 0.478 e. The fourth-order valence-electron chi connectivity index (χ4n) is 4.48. The first-order chi connectivity index (χ1) is 21.9. The van der Waals surface area contributed by atoms with Crippen molar-refractivity contribution in [2.75, 3.05) is 10.5 Å². The van der Waals surface area contributed by atoms with Crippen molar-refractivity contribution < 1.29 is 41.3 Å². The highest BCUT2D eigenvalue weighted by atomic mass is 32.2. The lowest BCUT2D eigenvalue weighted by Gasteiger charge is -2.17. The molecule has 0 saturated heterocycles. The zero-order chi connectivity index (χ0) is 33.6. The van der Waals surface area contributed by atoms with E-state index in [1.54, 1.807) is 0 Å². The van der Waals surface area contributed by atoms with Gasteiger partial charge in [0.1, 0.15) is 17.4 Å². The summed E-state index contributed by atoms with van der Waals surface area (Å²) in [6.07, 6.45) is -0.147. The Balaban J connectivity index is 0.000000339. The molecule has 0 aliphatic carbocycles. The van der Waals surface area contributed by atoms with Crippen molar-refractivity contribution in [2.24, 2.45) is 0 Å². The van der Waals surface area contributed by atoms with Gasteiger partial charge in [0, 0.05) is 0 Å². The molecule has 7 nitrogen and oxygen atoms in total. The Morgan fingerprint density at radius 2 is 1.33 bits per heavy atom. The van der Waals surface area contributed by atoms with E-state index in [-0.39, 0.29) is 22.8 Å². The molecule has 3 N–H and O–H groups in total. The van der Waals surface area contributed by atoms with Crippen LogP contribution in [0.3, 0.4) is 0 Å². The Bertz CT molecular complexity index is 1590. The number of aliphatic hydroxyl groups is 1. The molecule has 46 heavy (non-hydrogen) atoms. The molecule has 0 saturated carbocycles. The van der Waals surface area contributed by atoms with Crippen LogP contribution in [0.25, 0.3) is 0 Å². The normalized spacial score (nSPS) is 11.4. The van der Waals surface area contributed by atoms with Gasteiger partial charge in [0.25, 0.3) is 0 Å². The van der Waals surface area contributed by atoms with E-state index in [4.69, 9.17) is 4.74 Å². The van der Waals surface area contributed by atoms with Crippen LogP contribution in [-0.2, 0) is 16.2 Å². The Morgan fingerprint density at radius 3 is 1.89 bits per heavy atom. The average Bonchev–Trinajstić information content (AvgIpc) is 3.04. The van der Waals surface area contributed by atoms with E-state index in [0.29, 0.717) is 18.9 Å². The predicted molar refractivity (Wildman–Crippen MR) is 173 cm³/mol. The molecular weight excluding hydrogens is 619 g/mol. The lowest BCUT2D eigenvalue weighted by molar-refractivity contribution is -0.137. The molecule has 0 amide bonds. The highest BCUT2D eigenvalue weighted by molar-refractivity contribution is 7.92. The maximum atomic E-state index is 13.2. The molecule has 246 valence electrons. The molecule has 0 atom stereocenters. The summed E-state index contributed by atoms with van der Waals surface area (Å²) in [6.45, 7) is 2.07. The van der Waals surface area contributed by atoms with E-state index in [9.17, 15) is 36.6 Å². The summed E-state index contributed by atoms with van der Waals surface area (Å²) in [6, 6.07) is 27.2. The number of ether oxygens (including phenoxy) is 1. The van der Waals surface area contributed by atoms with E-state index in [2.05, 4.69) is 11.6 Å². The minimum Gasteiger partial charge on any atom is -0.478 e. The molecule has 0 aromatic heterocycles. The molecule has 0 radical (unpaired) electrons. The third kappa shape index (κ3) is 11.5. The fraction of sp³-hybridized carbons (Fsp3) is 0.286. The Kier molecular flexibility index (Phi) is 13.6. The Hall–Kier alpha value is -4.35. The van der Waals surface area contributed by atoms with Crippen LogP contribution >= 0.6 is 0 Å². The highest BCUT2D eigenvalue weighted by Crippen LogP contribution is 2.38. The summed E-state index contributed by atoms with van der Waals surface area (Å²) in [7, 11) is -3.94. The molecule has 4 rings (SSSR count). The van der Waals surface area contributed by atoms with Gasteiger partial charge in [-0.2, -0.15) is 13.2 Å². The lowest BCUT2D eigenvalue weighted by Crippen LogP contribution is -2.18. The predicted octanol–water partition coefficient (Wildman–Crippen LogP) is 9.07. The molecule has 0 fully saturated rings. The van der Waals surface area contributed by atoms with Gasteiger partial charge < -0.3 is 14.9 Å². The summed E-state index contributed by atoms with van der Waals surface area (Å²) >= 11 is 0. The standard InChI is InChI=1S/C22H26F3NO5S.C13H12O/c1-2-3-4-5-6-9-14-32(29,30)26-18-15-16(22(23,24)25)12-13-20(18)31-19-11-8-7-10-17(19)21(27)28;14-13(11-7-3-1-4-8-11)12-9-5-2-6-10-12/h7-8,10-13,15,26H,2-6,9,14H2,1H3,(H,27,28);1-10,13-14H. The number of para-hydroxylation sites is 1. The first-order valence-corrected chi connectivity index (χ1v) is 16.6. The van der Waals surface area contributed by atoms with Crippen molar-refractivity contribution in [1.29, 1.82) is 0 Å². The number of carboxylic acid groups (broad SMARTS) is 1. The number of unbranched alkanes of at least 4 members (excludes halogenated alkanes) is 5. The average molecular weight is 658 g/mol. The van der Waals surface area contributed by atoms with Gasteiger partial charge in [-0.05, 0) is 47.9 Å². The summed E-state index contributed by atoms with van der Waals surface area (Å²) in [5.41, 5.74) is 0.172. The number of sulfonamides is 1. The zero-order valence-corrected chi connectivity index (χ0v) is 26.2. The number of aliphatic hydroxyl groups excluding tert-OH is 1. The number of hydrogen-bond acceptors (Lipinski definition) is 5. The van der Waals surface area contributed by atoms with Crippen molar-refractivity contribution in [3.8, 4) is 11.5 Å². The van der Waals surface area contributed by atoms with Gasteiger partial charge in [-0.3, -0.25) is 4.72 Å². The molecule has 0 heterocycles. The van der Waals surface area contributed by atoms with Crippen molar-refractivity contribution in [3.05, 3.63) is 125 Å². The molecule has 0 aliphatic heterocycles. The number of carbonyl (C=O) groups is 1. The second-order valence-electron chi connectivity index (χ2n) is 10.5. The molecule has 4 aromatic rings. The molecule has 4 aromatic carbocycles. The minimum absolute atomic E-state index is 0.129. The van der Waals surface area contributed by atoms with Gasteiger partial charge in [-0.1, -0.05) is 112 Å². The van der Waals surface area contributed by atoms with E-state index in [1.807, 2.05) is 60.7 Å². The van der Waals surface area contributed by atoms with Crippen molar-refractivity contribution >= 4 is 21.7 Å². The number of anilines is 1. The summed E-state index contributed by atoms with van der Waals surface area (Å²) in [5.74, 6) is -1.91. The number of hydrogen-bond donors (Lipinski definition) is 3. The molecule has 0 unspecified atom stereocenters. The van der Waals surface area contributed by atoms with Crippen molar-refractivity contribution in [2.45, 2.75) is 57.7 Å². The van der Waals surface area contributed by atoms with E-state index < -0.39 is 39.5 Å². The number of alkyl halides is 3. The van der Waals surface area contributed by atoms with Crippen LogP contribution in [0.5, 0.6) is 11.5 Å². The Morgan fingerprint density at radius 1 is 0.783 bits per heavy atom. The van der Waals surface area contributed by atoms with Gasteiger partial charge >= 0.3 is 12.1 Å². The quantitative estimate of drug-likeness (QED) is 0.117. The van der Waals surface area contributed by atoms with E-state index in [0.717, 1.165) is 48.9 Å². The van der Waals surface area contributed by atoms with Crippen molar-refractivity contribution in [3.63, 3.8) is 0 Å². The highest BCUT2D eigenvalue weighted by Gasteiger charge is 2.32. The van der Waals surface area contributed by atoms with E-state index >= 15 is 0 Å². The topological polar surface area (TPSA) is 113 Å². The Labute approximate surface area is 267 Å². The number of halogens is 3. The molecule has 0 aliphatic rings. The molecular formula is C35H38F3NO6S. The van der Waals surface area contributed by atoms with Gasteiger partial charge in [0.2, 0.25) is 10.0 Å². The van der Waals surface area contributed by atoms with E-state index in [1.165, 1.54) is 24.3 Å². The third-order valence-electron chi connectivity index (χ3n) is 6.91. The second kappa shape index (κ2) is 17.4. The SMILES string of the molecule is CCCCCCCCS(=O)(=O)Nc1cc(C(F)(F)F)ccc1Oc1ccccc1C(=O)O.OC(c1ccccc1)c1ccccc1. The van der Waals surface area contributed by atoms with Gasteiger partial charge in [-0.15, -0.1) is 0 Å². The van der Waals surface area contributed by atoms with Gasteiger partial charge in [-0.25, -0.2) is 13.2 Å². The number of aromatic carboxylic acids is 1. The molecule has 11 heteroatoms. The number of carboxylic acids is 1. The molecule has 0 bridgehead atoms. The van der Waals surface area contributed by atoms with Crippen LogP contribution in [-0.4, -0.2) is 30.4 Å². The fourth-order valence-corrected chi connectivity index (χ4v) is 5.66. The smallest absolute Gasteiger partial charge is 0.416 e. The van der Waals surface area contributed by atoms with Crippen LogP contribution in [0.15, 0.2) is 103 Å². The van der Waals surface area contributed by atoms with Crippen LogP contribution in [0.2, 0.25) is 0 Å². The summed E-state index contributed by atoms with van der Waals surface area (Å²) in [4.78, 5) is 11.4. The summed E-state index contributed by atoms with van der Waals surface area (Å²) < 4.78 is 72.2. The van der Waals surface area contributed by atoms with Crippen molar-refractivity contribution in [1.82, 2.24) is 0 Å². The van der Waals surface area contributed by atoms with Crippen LogP contribution < -0.4 is 9.46 Å². The minimum atomic E-state index is -4.70. The number of rotatable bonds is 14. The molecule has 0 spiro atoms. The maximum Gasteiger partial charge on any atom is 0.416 e.